The number of hydrogen-bond donors (Lipinski definition) is 1. The number of halogens is 4. The number of hydrogen-bond acceptors (Lipinski definition) is 1. The number of aromatic nitrogens is 1. The predicted molar refractivity (Wildman–Crippen MR) is 57.2 cm³/mol. The fourth-order valence-corrected chi connectivity index (χ4v) is 1.86. The van der Waals surface area contributed by atoms with E-state index in [0.717, 1.165) is 6.07 Å². The van der Waals surface area contributed by atoms with Crippen molar-refractivity contribution in [1.29, 1.82) is 0 Å². The first-order valence-electron chi connectivity index (χ1n) is 4.30. The van der Waals surface area contributed by atoms with Crippen molar-refractivity contribution < 1.29 is 13.2 Å². The molecule has 0 bridgehead atoms. The molecule has 1 N–H and O–H groups in total. The van der Waals surface area contributed by atoms with E-state index in [0.29, 0.717) is 10.5 Å². The van der Waals surface area contributed by atoms with Gasteiger partial charge in [-0.15, -0.1) is 0 Å². The van der Waals surface area contributed by atoms with Crippen LogP contribution in [0.2, 0.25) is 0 Å². The molecule has 2 aromatic rings. The van der Waals surface area contributed by atoms with Gasteiger partial charge in [-0.3, -0.25) is 4.79 Å². The van der Waals surface area contributed by atoms with Gasteiger partial charge in [-0.05, 0) is 28.1 Å². The molecule has 0 spiro atoms. The third-order valence-corrected chi connectivity index (χ3v) is 2.80. The molecule has 0 saturated heterocycles. The van der Waals surface area contributed by atoms with E-state index in [1.807, 2.05) is 0 Å². The Labute approximate surface area is 96.2 Å². The van der Waals surface area contributed by atoms with Gasteiger partial charge in [-0.1, -0.05) is 0 Å². The standard InChI is InChI=1S/C10H5BrF3NO/c11-4-1-2-5(12)8-7(16)3-6(10(13)14)15-9(4)8/h1-3,10H,(H,15,16). The number of benzene rings is 1. The number of fused-ring (bicyclic) bond motifs is 1. The average molecular weight is 292 g/mol. The van der Waals surface area contributed by atoms with Crippen molar-refractivity contribution in [3.05, 3.63) is 44.4 Å². The molecule has 6 heteroatoms. The first kappa shape index (κ1) is 11.2. The zero-order valence-corrected chi connectivity index (χ0v) is 9.32. The van der Waals surface area contributed by atoms with Gasteiger partial charge in [0.15, 0.2) is 5.43 Å². The Morgan fingerprint density at radius 2 is 2.00 bits per heavy atom. The summed E-state index contributed by atoms with van der Waals surface area (Å²) in [6.07, 6.45) is -2.80. The maximum atomic E-state index is 13.3. The summed E-state index contributed by atoms with van der Waals surface area (Å²) in [7, 11) is 0. The van der Waals surface area contributed by atoms with Crippen LogP contribution in [0, 0.1) is 5.82 Å². The molecule has 0 fully saturated rings. The summed E-state index contributed by atoms with van der Waals surface area (Å²) in [6.45, 7) is 0. The van der Waals surface area contributed by atoms with Gasteiger partial charge in [0.05, 0.1) is 16.6 Å². The molecule has 0 aliphatic heterocycles. The van der Waals surface area contributed by atoms with Crippen LogP contribution in [0.25, 0.3) is 10.9 Å². The molecule has 0 saturated carbocycles. The molecule has 2 rings (SSSR count). The minimum Gasteiger partial charge on any atom is -0.353 e. The molecule has 0 aliphatic carbocycles. The maximum Gasteiger partial charge on any atom is 0.278 e. The zero-order valence-electron chi connectivity index (χ0n) is 7.73. The Morgan fingerprint density at radius 1 is 1.31 bits per heavy atom. The second-order valence-corrected chi connectivity index (χ2v) is 4.02. The molecule has 0 unspecified atom stereocenters. The van der Waals surface area contributed by atoms with E-state index < -0.39 is 23.4 Å². The van der Waals surface area contributed by atoms with Crippen molar-refractivity contribution in [2.45, 2.75) is 6.43 Å². The van der Waals surface area contributed by atoms with E-state index >= 15 is 0 Å². The largest absolute Gasteiger partial charge is 0.353 e. The van der Waals surface area contributed by atoms with Crippen LogP contribution in [0.4, 0.5) is 13.2 Å². The van der Waals surface area contributed by atoms with Crippen LogP contribution in [-0.2, 0) is 0 Å². The Bertz CT molecular complexity index is 609. The van der Waals surface area contributed by atoms with E-state index in [2.05, 4.69) is 20.9 Å². The molecule has 2 nitrogen and oxygen atoms in total. The number of aromatic amines is 1. The van der Waals surface area contributed by atoms with Gasteiger partial charge in [0.1, 0.15) is 5.82 Å². The van der Waals surface area contributed by atoms with Crippen molar-refractivity contribution in [2.24, 2.45) is 0 Å². The fourth-order valence-electron chi connectivity index (χ4n) is 1.43. The molecule has 0 radical (unpaired) electrons. The summed E-state index contributed by atoms with van der Waals surface area (Å²) in [6, 6.07) is 3.16. The van der Waals surface area contributed by atoms with Crippen LogP contribution in [0.1, 0.15) is 12.1 Å². The maximum absolute atomic E-state index is 13.3. The molecule has 84 valence electrons. The molecule has 1 heterocycles. The molecule has 16 heavy (non-hydrogen) atoms. The average Bonchev–Trinajstić information content (AvgIpc) is 2.22. The number of nitrogens with one attached hydrogen (secondary N) is 1. The lowest BCUT2D eigenvalue weighted by atomic mass is 10.2. The molecule has 1 aromatic heterocycles. The van der Waals surface area contributed by atoms with Gasteiger partial charge in [0.25, 0.3) is 6.43 Å². The van der Waals surface area contributed by atoms with Gasteiger partial charge >= 0.3 is 0 Å². The smallest absolute Gasteiger partial charge is 0.278 e. The highest BCUT2D eigenvalue weighted by Gasteiger charge is 2.14. The van der Waals surface area contributed by atoms with E-state index in [1.165, 1.54) is 6.07 Å². The topological polar surface area (TPSA) is 32.9 Å². The van der Waals surface area contributed by atoms with Gasteiger partial charge < -0.3 is 4.98 Å². The van der Waals surface area contributed by atoms with E-state index in [4.69, 9.17) is 0 Å². The molecule has 0 atom stereocenters. The highest BCUT2D eigenvalue weighted by molar-refractivity contribution is 9.10. The number of pyridine rings is 1. The quantitative estimate of drug-likeness (QED) is 0.859. The van der Waals surface area contributed by atoms with Crippen molar-refractivity contribution in [2.75, 3.05) is 0 Å². The van der Waals surface area contributed by atoms with E-state index in [1.54, 1.807) is 0 Å². The summed E-state index contributed by atoms with van der Waals surface area (Å²) in [5, 5.41) is -0.223. The monoisotopic (exact) mass is 291 g/mol. The van der Waals surface area contributed by atoms with Crippen LogP contribution in [-0.4, -0.2) is 4.98 Å². The first-order valence-corrected chi connectivity index (χ1v) is 5.09. The third kappa shape index (κ3) is 1.73. The number of H-pyrrole nitrogens is 1. The highest BCUT2D eigenvalue weighted by Crippen LogP contribution is 2.24. The van der Waals surface area contributed by atoms with Gasteiger partial charge in [-0.25, -0.2) is 13.2 Å². The zero-order chi connectivity index (χ0) is 11.9. The SMILES string of the molecule is O=c1cc(C(F)F)[nH]c2c(Br)ccc(F)c12. The number of rotatable bonds is 1. The molecule has 0 aliphatic rings. The fraction of sp³-hybridized carbons (Fsp3) is 0.100. The number of alkyl halides is 2. The summed E-state index contributed by atoms with van der Waals surface area (Å²) in [4.78, 5) is 13.8. The molecule has 0 amide bonds. The Balaban J connectivity index is 2.92. The summed E-state index contributed by atoms with van der Waals surface area (Å²) >= 11 is 3.07. The molecular formula is C10H5BrF3NO. The van der Waals surface area contributed by atoms with Gasteiger partial charge in [0, 0.05) is 10.5 Å². The second kappa shape index (κ2) is 3.93. The predicted octanol–water partition coefficient (Wildman–Crippen LogP) is 3.37. The van der Waals surface area contributed by atoms with Gasteiger partial charge in [-0.2, -0.15) is 0 Å². The lowest BCUT2D eigenvalue weighted by Gasteiger charge is -2.05. The van der Waals surface area contributed by atoms with Crippen LogP contribution in [0.15, 0.2) is 27.5 Å². The Kier molecular flexibility index (Phi) is 2.75. The van der Waals surface area contributed by atoms with Crippen molar-refractivity contribution >= 4 is 26.8 Å². The normalized spacial score (nSPS) is 11.3. The first-order chi connectivity index (χ1) is 7.50. The highest BCUT2D eigenvalue weighted by atomic mass is 79.9. The van der Waals surface area contributed by atoms with Crippen LogP contribution < -0.4 is 5.43 Å². The van der Waals surface area contributed by atoms with Crippen molar-refractivity contribution in [3.63, 3.8) is 0 Å². The van der Waals surface area contributed by atoms with Crippen molar-refractivity contribution in [1.82, 2.24) is 4.98 Å². The minimum absolute atomic E-state index is 0.0443. The molecule has 1 aromatic carbocycles. The third-order valence-electron chi connectivity index (χ3n) is 2.14. The summed E-state index contributed by atoms with van der Waals surface area (Å²) < 4.78 is 38.6. The summed E-state index contributed by atoms with van der Waals surface area (Å²) in [5.41, 5.74) is -1.24. The van der Waals surface area contributed by atoms with Crippen LogP contribution in [0.3, 0.4) is 0 Å². The Hall–Kier alpha value is -1.30. The lowest BCUT2D eigenvalue weighted by Crippen LogP contribution is -2.07. The molecular weight excluding hydrogens is 287 g/mol. The van der Waals surface area contributed by atoms with Crippen LogP contribution in [0.5, 0.6) is 0 Å². The van der Waals surface area contributed by atoms with Crippen LogP contribution >= 0.6 is 15.9 Å². The lowest BCUT2D eigenvalue weighted by molar-refractivity contribution is 0.146. The Morgan fingerprint density at radius 3 is 2.62 bits per heavy atom. The van der Waals surface area contributed by atoms with Gasteiger partial charge in [0.2, 0.25) is 0 Å². The summed E-state index contributed by atoms with van der Waals surface area (Å²) in [5.74, 6) is -0.736. The second-order valence-electron chi connectivity index (χ2n) is 3.17. The van der Waals surface area contributed by atoms with E-state index in [-0.39, 0.29) is 10.9 Å². The van der Waals surface area contributed by atoms with E-state index in [9.17, 15) is 18.0 Å². The minimum atomic E-state index is -2.80. The van der Waals surface area contributed by atoms with Crippen molar-refractivity contribution in [3.8, 4) is 0 Å².